The van der Waals surface area contributed by atoms with E-state index < -0.39 is 0 Å². The van der Waals surface area contributed by atoms with Crippen molar-refractivity contribution in [3.8, 4) is 0 Å². The van der Waals surface area contributed by atoms with E-state index in [0.29, 0.717) is 31.2 Å². The van der Waals surface area contributed by atoms with Crippen molar-refractivity contribution in [2.45, 2.75) is 13.2 Å². The molecule has 3 heterocycles. The maximum absolute atomic E-state index is 12.2. The molecule has 4 rings (SSSR count). The molecule has 0 bridgehead atoms. The summed E-state index contributed by atoms with van der Waals surface area (Å²) in [6, 6.07) is 11.0. The number of piperazine rings is 1. The number of hydrogen-bond acceptors (Lipinski definition) is 6. The fourth-order valence-corrected chi connectivity index (χ4v) is 3.87. The van der Waals surface area contributed by atoms with Gasteiger partial charge in [0.15, 0.2) is 4.96 Å². The molecular weight excluding hydrogens is 378 g/mol. The van der Waals surface area contributed by atoms with E-state index in [1.165, 1.54) is 11.3 Å². The van der Waals surface area contributed by atoms with Crippen LogP contribution in [-0.2, 0) is 18.0 Å². The Labute approximate surface area is 165 Å². The van der Waals surface area contributed by atoms with Crippen LogP contribution in [0.2, 0.25) is 0 Å². The zero-order valence-electron chi connectivity index (χ0n) is 15.3. The van der Waals surface area contributed by atoms with Gasteiger partial charge in [0.2, 0.25) is 0 Å². The van der Waals surface area contributed by atoms with Crippen LogP contribution in [0.5, 0.6) is 0 Å². The number of carbonyl (C=O) groups is 1. The van der Waals surface area contributed by atoms with Crippen LogP contribution in [0.1, 0.15) is 11.3 Å². The number of hydrogen-bond donors (Lipinski definition) is 1. The molecule has 1 aromatic carbocycles. The summed E-state index contributed by atoms with van der Waals surface area (Å²) in [5.74, 6) is 0. The summed E-state index contributed by atoms with van der Waals surface area (Å²) < 4.78 is 1.55. The van der Waals surface area contributed by atoms with Crippen molar-refractivity contribution in [2.75, 3.05) is 26.2 Å². The van der Waals surface area contributed by atoms with E-state index in [0.717, 1.165) is 24.3 Å². The van der Waals surface area contributed by atoms with Crippen LogP contribution in [0.3, 0.4) is 0 Å². The number of fused-ring (bicyclic) bond motifs is 1. The van der Waals surface area contributed by atoms with Gasteiger partial charge in [-0.2, -0.15) is 0 Å². The molecule has 146 valence electrons. The van der Waals surface area contributed by atoms with Crippen molar-refractivity contribution in [1.29, 1.82) is 0 Å². The second kappa shape index (κ2) is 8.51. The van der Waals surface area contributed by atoms with E-state index in [-0.39, 0.29) is 11.6 Å². The van der Waals surface area contributed by atoms with Gasteiger partial charge >= 0.3 is 6.03 Å². The summed E-state index contributed by atoms with van der Waals surface area (Å²) >= 11 is 1.45. The molecule has 8 nitrogen and oxygen atoms in total. The van der Waals surface area contributed by atoms with Gasteiger partial charge in [-0.25, -0.2) is 15.3 Å². The predicted octanol–water partition coefficient (Wildman–Crippen LogP) is 1.71. The largest absolute Gasteiger partial charge is 0.341 e. The molecule has 1 aliphatic rings. The van der Waals surface area contributed by atoms with E-state index in [4.69, 9.17) is 4.84 Å². The minimum Gasteiger partial charge on any atom is -0.320 e. The van der Waals surface area contributed by atoms with Gasteiger partial charge in [0.05, 0.1) is 12.3 Å². The summed E-state index contributed by atoms with van der Waals surface area (Å²) in [5.41, 5.74) is 4.20. The van der Waals surface area contributed by atoms with Gasteiger partial charge in [0, 0.05) is 50.4 Å². The van der Waals surface area contributed by atoms with Crippen molar-refractivity contribution in [2.24, 2.45) is 0 Å². The van der Waals surface area contributed by atoms with E-state index in [1.54, 1.807) is 21.6 Å². The highest BCUT2D eigenvalue weighted by Gasteiger charge is 2.21. The standard InChI is InChI=1S/C19H21N5O3S/c25-17-12-16(20-19-24(17)10-11-28-19)13-22-6-8-23(9-7-22)18(26)21-27-14-15-4-2-1-3-5-15/h1-5,10-12H,6-9,13-14H2,(H,21,26). The van der Waals surface area contributed by atoms with Gasteiger partial charge < -0.3 is 4.90 Å². The Bertz CT molecular complexity index is 995. The van der Waals surface area contributed by atoms with Crippen LogP contribution >= 0.6 is 11.3 Å². The molecule has 0 aliphatic carbocycles. The van der Waals surface area contributed by atoms with Crippen LogP contribution < -0.4 is 11.0 Å². The van der Waals surface area contributed by atoms with Crippen molar-refractivity contribution in [3.63, 3.8) is 0 Å². The first-order chi connectivity index (χ1) is 13.7. The van der Waals surface area contributed by atoms with Crippen LogP contribution in [-0.4, -0.2) is 51.4 Å². The van der Waals surface area contributed by atoms with Crippen molar-refractivity contribution in [3.05, 3.63) is 69.6 Å². The Morgan fingerprint density at radius 2 is 1.96 bits per heavy atom. The molecule has 0 saturated carbocycles. The number of thiazole rings is 1. The third-order valence-electron chi connectivity index (χ3n) is 4.64. The quantitative estimate of drug-likeness (QED) is 0.661. The van der Waals surface area contributed by atoms with Gasteiger partial charge in [0.25, 0.3) is 5.56 Å². The minimum atomic E-state index is -0.230. The van der Waals surface area contributed by atoms with Crippen LogP contribution in [0.15, 0.2) is 52.8 Å². The maximum atomic E-state index is 12.2. The molecule has 0 unspecified atom stereocenters. The van der Waals surface area contributed by atoms with Crippen LogP contribution in [0, 0.1) is 0 Å². The Morgan fingerprint density at radius 3 is 2.75 bits per heavy atom. The highest BCUT2D eigenvalue weighted by Crippen LogP contribution is 2.10. The molecule has 0 atom stereocenters. The van der Waals surface area contributed by atoms with Gasteiger partial charge in [-0.3, -0.25) is 18.9 Å². The molecule has 1 aliphatic heterocycles. The molecule has 28 heavy (non-hydrogen) atoms. The molecule has 1 saturated heterocycles. The van der Waals surface area contributed by atoms with Crippen molar-refractivity contribution >= 4 is 22.3 Å². The number of rotatable bonds is 5. The Hall–Kier alpha value is -2.75. The first-order valence-electron chi connectivity index (χ1n) is 9.08. The Morgan fingerprint density at radius 1 is 1.18 bits per heavy atom. The van der Waals surface area contributed by atoms with E-state index in [9.17, 15) is 9.59 Å². The van der Waals surface area contributed by atoms with Gasteiger partial charge in [-0.1, -0.05) is 30.3 Å². The highest BCUT2D eigenvalue weighted by atomic mass is 32.1. The molecule has 3 aromatic rings. The predicted molar refractivity (Wildman–Crippen MR) is 106 cm³/mol. The normalized spacial score (nSPS) is 15.1. The molecule has 2 amide bonds. The summed E-state index contributed by atoms with van der Waals surface area (Å²) in [6.45, 7) is 3.57. The number of nitrogens with one attached hydrogen (secondary N) is 1. The average molecular weight is 399 g/mol. The van der Waals surface area contributed by atoms with Crippen molar-refractivity contribution in [1.82, 2.24) is 24.7 Å². The lowest BCUT2D eigenvalue weighted by molar-refractivity contribution is 0.0298. The fourth-order valence-electron chi connectivity index (χ4n) is 3.13. The highest BCUT2D eigenvalue weighted by molar-refractivity contribution is 7.15. The zero-order chi connectivity index (χ0) is 19.3. The topological polar surface area (TPSA) is 79.2 Å². The SMILES string of the molecule is O=C(NOCc1ccccc1)N1CCN(Cc2cc(=O)n3ccsc3n2)CC1. The molecule has 0 radical (unpaired) electrons. The number of urea groups is 1. The van der Waals surface area contributed by atoms with E-state index >= 15 is 0 Å². The number of amides is 2. The minimum absolute atomic E-state index is 0.0603. The Balaban J connectivity index is 1.24. The van der Waals surface area contributed by atoms with Gasteiger partial charge in [-0.05, 0) is 5.56 Å². The maximum Gasteiger partial charge on any atom is 0.341 e. The fraction of sp³-hybridized carbons (Fsp3) is 0.316. The number of aromatic nitrogens is 2. The molecule has 0 spiro atoms. The summed E-state index contributed by atoms with van der Waals surface area (Å²) in [6.07, 6.45) is 1.73. The lowest BCUT2D eigenvalue weighted by Crippen LogP contribution is -2.51. The monoisotopic (exact) mass is 399 g/mol. The third kappa shape index (κ3) is 4.38. The van der Waals surface area contributed by atoms with Gasteiger partial charge in [-0.15, -0.1) is 11.3 Å². The number of hydroxylamine groups is 1. The second-order valence-corrected chi connectivity index (χ2v) is 7.46. The molecule has 1 fully saturated rings. The van der Waals surface area contributed by atoms with E-state index in [1.807, 2.05) is 35.7 Å². The number of nitrogens with zero attached hydrogens (tertiary/aromatic N) is 4. The number of carbonyl (C=O) groups excluding carboxylic acids is 1. The van der Waals surface area contributed by atoms with Crippen LogP contribution in [0.4, 0.5) is 4.79 Å². The first kappa shape index (κ1) is 18.6. The summed E-state index contributed by atoms with van der Waals surface area (Å²) in [4.78, 5) is 38.8. The lowest BCUT2D eigenvalue weighted by atomic mass is 10.2. The molecule has 2 aromatic heterocycles. The van der Waals surface area contributed by atoms with E-state index in [2.05, 4.69) is 15.4 Å². The van der Waals surface area contributed by atoms with Crippen LogP contribution in [0.25, 0.3) is 4.96 Å². The smallest absolute Gasteiger partial charge is 0.320 e. The summed E-state index contributed by atoms with van der Waals surface area (Å²) in [7, 11) is 0. The molecular formula is C19H21N5O3S. The lowest BCUT2D eigenvalue weighted by Gasteiger charge is -2.34. The van der Waals surface area contributed by atoms with Crippen molar-refractivity contribution < 1.29 is 9.63 Å². The first-order valence-corrected chi connectivity index (χ1v) is 9.96. The summed E-state index contributed by atoms with van der Waals surface area (Å²) in [5, 5.41) is 1.85. The molecule has 1 N–H and O–H groups in total. The zero-order valence-corrected chi connectivity index (χ0v) is 16.1. The average Bonchev–Trinajstić information content (AvgIpc) is 3.18. The second-order valence-electron chi connectivity index (χ2n) is 6.59. The van der Waals surface area contributed by atoms with Gasteiger partial charge in [0.1, 0.15) is 0 Å². The molecule has 9 heteroatoms. The number of benzene rings is 1. The Kier molecular flexibility index (Phi) is 5.65. The third-order valence-corrected chi connectivity index (χ3v) is 5.40.